The van der Waals surface area contributed by atoms with Gasteiger partial charge in [0, 0.05) is 22.8 Å². The molecule has 0 aliphatic rings. The van der Waals surface area contributed by atoms with Crippen molar-refractivity contribution in [3.05, 3.63) is 405 Å². The standard InChI is InChI=1S/2C42H32N4O2.2C7H8.2U/c2*1-25-17-19-29-11-7-15-33(39(29)43-25)45-41(37-31-13-5-3-9-27(31)21-23-35(37)47)42(38-32-14-6-4-10-28(32)22-24-36(38)48)46-34-16-8-12-30-20-18-26(2)44-40(30)34;2*1-7-5-3-2-4-6-7;;/h2*3-24,41-42,47-48H,1-2H3;2*2-6H,1H3;;/q2*-2;;;2*+4/p-4/t2*41-,42+;;;;. The SMILES string of the molecule is Cc1ccc2cccc([N-][C@H](c3c([O-])ccc4ccccc34)[C@@H]([N-]c3cccc4ccc(C)nc34)c3c([O-])ccc4ccccc34)c2n1.Cc1ccc2cccc([N-][C@H](c3c([O-])ccc4ccccc34)[C@@H]([N-]c3cccc4ccc(C)nc34)c3c([O-])ccc4ccccc34)c2n1.Cc1ccccc1.Cc1ccccc1.[U+4].[U+4]. The van der Waals surface area contributed by atoms with E-state index in [0.717, 1.165) is 109 Å². The first-order valence-electron chi connectivity index (χ1n) is 36.7. The van der Waals surface area contributed by atoms with Crippen LogP contribution in [0, 0.1) is 104 Å². The van der Waals surface area contributed by atoms with Gasteiger partial charge in [0.2, 0.25) is 0 Å². The normalized spacial score (nSPS) is 12.1. The molecule has 0 aliphatic heterocycles. The first kappa shape index (κ1) is 78.4. The van der Waals surface area contributed by atoms with Crippen molar-refractivity contribution in [2.24, 2.45) is 0 Å². The van der Waals surface area contributed by atoms with Crippen LogP contribution in [0.1, 0.15) is 80.3 Å². The van der Waals surface area contributed by atoms with E-state index in [0.29, 0.717) is 45.0 Å². The second kappa shape index (κ2) is 35.5. The summed E-state index contributed by atoms with van der Waals surface area (Å²) in [4.78, 5) is 19.5. The zero-order valence-corrected chi connectivity index (χ0v) is 71.0. The van der Waals surface area contributed by atoms with Gasteiger partial charge in [0.05, 0.1) is 22.1 Å². The summed E-state index contributed by atoms with van der Waals surface area (Å²) in [5.41, 5.74) is 13.3. The van der Waals surface area contributed by atoms with E-state index in [1.54, 1.807) is 24.3 Å². The third-order valence-corrected chi connectivity index (χ3v) is 19.9. The van der Waals surface area contributed by atoms with Gasteiger partial charge in [-0.1, -0.05) is 337 Å². The number of nitrogens with zero attached hydrogens (tertiary/aromatic N) is 8. The molecule has 4 aromatic heterocycles. The van der Waals surface area contributed by atoms with Crippen LogP contribution in [0.25, 0.3) is 108 Å². The van der Waals surface area contributed by atoms with Crippen molar-refractivity contribution >= 4 is 109 Å². The Morgan fingerprint density at radius 3 is 0.616 bits per heavy atom. The molecule has 0 N–H and O–H groups in total. The summed E-state index contributed by atoms with van der Waals surface area (Å²) in [7, 11) is 0. The number of para-hydroxylation sites is 4. The van der Waals surface area contributed by atoms with Crippen LogP contribution in [-0.2, 0) is 0 Å². The Hall–Kier alpha value is -11.7. The second-order valence-corrected chi connectivity index (χ2v) is 27.6. The average molecular weight is 1910 g/mol. The molecule has 0 bridgehead atoms. The van der Waals surface area contributed by atoms with Gasteiger partial charge in [-0.05, 0) is 130 Å². The largest absolute Gasteiger partial charge is 4.00 e. The van der Waals surface area contributed by atoms with Gasteiger partial charge in [0.25, 0.3) is 0 Å². The van der Waals surface area contributed by atoms with Crippen LogP contribution in [0.4, 0.5) is 22.7 Å². The van der Waals surface area contributed by atoms with Crippen LogP contribution < -0.4 is 20.4 Å². The van der Waals surface area contributed by atoms with Gasteiger partial charge >= 0.3 is 62.2 Å². The molecular formula is C98H76N8O4U2. The zero-order chi connectivity index (χ0) is 75.8. The van der Waals surface area contributed by atoms with Crippen molar-refractivity contribution < 1.29 is 82.7 Å². The fourth-order valence-electron chi connectivity index (χ4n) is 14.5. The third kappa shape index (κ3) is 17.2. The molecule has 0 unspecified atom stereocenters. The van der Waals surface area contributed by atoms with Crippen molar-refractivity contribution in [1.29, 1.82) is 0 Å². The summed E-state index contributed by atoms with van der Waals surface area (Å²) >= 11 is 0. The number of pyridine rings is 4. The van der Waals surface area contributed by atoms with Crippen LogP contribution >= 0.6 is 0 Å². The maximum absolute atomic E-state index is 14.2. The van der Waals surface area contributed by atoms with Gasteiger partial charge in [0.15, 0.2) is 0 Å². The number of aryl methyl sites for hydroxylation is 6. The Morgan fingerprint density at radius 1 is 0.205 bits per heavy atom. The Labute approximate surface area is 699 Å². The number of rotatable bonds is 14. The number of benzene rings is 14. The van der Waals surface area contributed by atoms with E-state index in [2.05, 4.69) is 38.1 Å². The molecule has 0 saturated heterocycles. The van der Waals surface area contributed by atoms with Crippen molar-refractivity contribution in [2.45, 2.75) is 65.7 Å². The van der Waals surface area contributed by atoms with Crippen molar-refractivity contribution in [3.8, 4) is 23.0 Å². The molecule has 4 atom stereocenters. The zero-order valence-electron chi connectivity index (χ0n) is 62.7. The summed E-state index contributed by atoms with van der Waals surface area (Å²) in [6.07, 6.45) is 0. The fourth-order valence-corrected chi connectivity index (χ4v) is 14.5. The van der Waals surface area contributed by atoms with Crippen LogP contribution in [-0.4, -0.2) is 19.9 Å². The Balaban J connectivity index is 0.000000164. The predicted molar refractivity (Wildman–Crippen MR) is 445 cm³/mol. The maximum atomic E-state index is 14.2. The summed E-state index contributed by atoms with van der Waals surface area (Å²) in [5, 5.41) is 88.7. The monoisotopic (exact) mass is 1900 g/mol. The molecule has 14 heteroatoms. The van der Waals surface area contributed by atoms with Crippen LogP contribution in [0.5, 0.6) is 23.0 Å². The van der Waals surface area contributed by atoms with Crippen molar-refractivity contribution in [3.63, 3.8) is 0 Å². The van der Waals surface area contributed by atoms with E-state index < -0.39 is 24.2 Å². The van der Waals surface area contributed by atoms with Gasteiger partial charge in [-0.3, -0.25) is 19.9 Å². The molecule has 0 spiro atoms. The van der Waals surface area contributed by atoms with E-state index in [4.69, 9.17) is 41.2 Å². The van der Waals surface area contributed by atoms with E-state index in [-0.39, 0.29) is 85.2 Å². The molecular weight excluding hydrogens is 1830 g/mol. The molecule has 0 amide bonds. The van der Waals surface area contributed by atoms with E-state index in [9.17, 15) is 20.4 Å². The minimum Gasteiger partial charge on any atom is -0.872 e. The number of aromatic nitrogens is 4. The van der Waals surface area contributed by atoms with Gasteiger partial charge in [0.1, 0.15) is 0 Å². The quantitative estimate of drug-likeness (QED) is 0.102. The maximum Gasteiger partial charge on any atom is 4.00 e. The molecule has 18 aromatic rings. The number of fused-ring (bicyclic) bond motifs is 8. The summed E-state index contributed by atoms with van der Waals surface area (Å²) < 4.78 is 0. The first-order valence-corrected chi connectivity index (χ1v) is 36.7. The minimum atomic E-state index is -0.893. The van der Waals surface area contributed by atoms with E-state index in [1.165, 1.54) is 11.1 Å². The molecule has 0 aliphatic carbocycles. The Bertz CT molecular complexity index is 5650. The molecule has 112 heavy (non-hydrogen) atoms. The molecule has 540 valence electrons. The molecule has 0 radical (unpaired) electrons. The number of hydrogen-bond acceptors (Lipinski definition) is 8. The second-order valence-electron chi connectivity index (χ2n) is 27.6. The van der Waals surface area contributed by atoms with Crippen LogP contribution in [0.2, 0.25) is 0 Å². The topological polar surface area (TPSA) is 200 Å². The van der Waals surface area contributed by atoms with Crippen molar-refractivity contribution in [1.82, 2.24) is 19.9 Å². The van der Waals surface area contributed by atoms with Crippen LogP contribution in [0.15, 0.2) is 328 Å². The molecule has 12 nitrogen and oxygen atoms in total. The van der Waals surface area contributed by atoms with Crippen molar-refractivity contribution in [2.75, 3.05) is 0 Å². The summed E-state index contributed by atoms with van der Waals surface area (Å²) in [6.45, 7) is 12.0. The van der Waals surface area contributed by atoms with Gasteiger partial charge < -0.3 is 41.7 Å². The molecule has 18 rings (SSSR count). The van der Waals surface area contributed by atoms with Gasteiger partial charge in [-0.15, -0.1) is 69.9 Å². The van der Waals surface area contributed by atoms with Gasteiger partial charge in [-0.25, -0.2) is 0 Å². The van der Waals surface area contributed by atoms with E-state index in [1.807, 2.05) is 307 Å². The minimum absolute atomic E-state index is 0. The van der Waals surface area contributed by atoms with E-state index >= 15 is 0 Å². The Kier molecular flexibility index (Phi) is 24.9. The molecule has 0 fully saturated rings. The number of hydrogen-bond donors (Lipinski definition) is 0. The predicted octanol–water partition coefficient (Wildman–Crippen LogP) is 24.1. The average Bonchev–Trinajstić information content (AvgIpc) is 0.753. The molecule has 14 aromatic carbocycles. The first-order chi connectivity index (χ1) is 53.7. The third-order valence-electron chi connectivity index (χ3n) is 19.9. The van der Waals surface area contributed by atoms with Gasteiger partial charge in [-0.2, -0.15) is 0 Å². The molecule has 4 heterocycles. The van der Waals surface area contributed by atoms with Crippen LogP contribution in [0.3, 0.4) is 0 Å². The Morgan fingerprint density at radius 2 is 0.402 bits per heavy atom. The summed E-state index contributed by atoms with van der Waals surface area (Å²) in [6, 6.07) is 101. The summed E-state index contributed by atoms with van der Waals surface area (Å²) in [5.74, 6) is -0.698. The fraction of sp³-hybridized carbons (Fsp3) is 0.102. The molecule has 0 saturated carbocycles. The smallest absolute Gasteiger partial charge is 0.872 e.